The molecule has 0 spiro atoms. The number of rotatable bonds is 3. The predicted molar refractivity (Wildman–Crippen MR) is 126 cm³/mol. The van der Waals surface area contributed by atoms with Gasteiger partial charge in [-0.15, -0.1) is 0 Å². The Morgan fingerprint density at radius 1 is 0.800 bits per heavy atom. The smallest absolute Gasteiger partial charge is 0.192 e. The fraction of sp³-hybridized carbons (Fsp3) is 0.414. The maximum absolute atomic E-state index is 2.65. The van der Waals surface area contributed by atoms with Gasteiger partial charge in [-0.1, -0.05) is 70.2 Å². The molecule has 3 aromatic rings. The van der Waals surface area contributed by atoms with Crippen LogP contribution >= 0.6 is 0 Å². The lowest BCUT2D eigenvalue weighted by atomic mass is 9.60. The molecule has 0 N–H and O–H groups in total. The largest absolute Gasteiger partial charge is 0.217 e. The van der Waals surface area contributed by atoms with Crippen molar-refractivity contribution in [2.75, 3.05) is 0 Å². The minimum atomic E-state index is -0.0212. The molecule has 0 amide bonds. The monoisotopic (exact) mass is 396 g/mol. The first-order valence-electron chi connectivity index (χ1n) is 11.5. The van der Waals surface area contributed by atoms with E-state index < -0.39 is 0 Å². The fourth-order valence-corrected chi connectivity index (χ4v) is 6.73. The Bertz CT molecular complexity index is 1170. The molecule has 2 aromatic carbocycles. The van der Waals surface area contributed by atoms with Gasteiger partial charge in [-0.3, -0.25) is 0 Å². The molecular formula is C29H34N+. The Labute approximate surface area is 181 Å². The summed E-state index contributed by atoms with van der Waals surface area (Å²) < 4.78 is 2.65. The van der Waals surface area contributed by atoms with E-state index in [4.69, 9.17) is 0 Å². The first-order chi connectivity index (χ1) is 14.2. The molecule has 30 heavy (non-hydrogen) atoms. The first-order valence-corrected chi connectivity index (χ1v) is 11.5. The zero-order valence-electron chi connectivity index (χ0n) is 19.6. The molecule has 2 heterocycles. The van der Waals surface area contributed by atoms with Crippen molar-refractivity contribution in [1.29, 1.82) is 0 Å². The summed E-state index contributed by atoms with van der Waals surface area (Å²) in [4.78, 5) is 0. The number of nitrogens with zero attached hydrogens (tertiary/aromatic N) is 1. The molecule has 1 nitrogen and oxygen atoms in total. The Morgan fingerprint density at radius 2 is 1.50 bits per heavy atom. The molecule has 0 saturated carbocycles. The molecule has 0 fully saturated rings. The number of aryl methyl sites for hydroxylation is 1. The molecule has 1 aromatic heterocycles. The van der Waals surface area contributed by atoms with Gasteiger partial charge < -0.3 is 0 Å². The van der Waals surface area contributed by atoms with Gasteiger partial charge in [0.15, 0.2) is 11.7 Å². The molecule has 1 aliphatic heterocycles. The van der Waals surface area contributed by atoms with Crippen molar-refractivity contribution < 1.29 is 4.57 Å². The third-order valence-electron chi connectivity index (χ3n) is 8.83. The molecule has 2 aliphatic rings. The van der Waals surface area contributed by atoms with Crippen LogP contribution in [-0.2, 0) is 16.4 Å². The van der Waals surface area contributed by atoms with E-state index in [0.29, 0.717) is 0 Å². The second kappa shape index (κ2) is 6.06. The van der Waals surface area contributed by atoms with Gasteiger partial charge in [0, 0.05) is 30.4 Å². The van der Waals surface area contributed by atoms with Gasteiger partial charge >= 0.3 is 0 Å². The summed E-state index contributed by atoms with van der Waals surface area (Å²) in [5.41, 5.74) is 11.8. The van der Waals surface area contributed by atoms with Crippen LogP contribution in [0.2, 0.25) is 0 Å². The molecule has 1 heteroatoms. The van der Waals surface area contributed by atoms with E-state index in [-0.39, 0.29) is 16.4 Å². The van der Waals surface area contributed by atoms with Gasteiger partial charge in [0.25, 0.3) is 0 Å². The number of hydrogen-bond donors (Lipinski definition) is 0. The van der Waals surface area contributed by atoms with E-state index in [1.165, 1.54) is 39.1 Å². The summed E-state index contributed by atoms with van der Waals surface area (Å²) in [6, 6.07) is 18.2. The van der Waals surface area contributed by atoms with Crippen LogP contribution in [0.1, 0.15) is 76.6 Å². The minimum absolute atomic E-state index is 0.0212. The van der Waals surface area contributed by atoms with E-state index in [2.05, 4.69) is 108 Å². The van der Waals surface area contributed by atoms with Crippen LogP contribution in [-0.4, -0.2) is 0 Å². The Hall–Kier alpha value is -2.41. The average molecular weight is 397 g/mol. The molecule has 0 bridgehead atoms. The Kier molecular flexibility index (Phi) is 3.95. The van der Waals surface area contributed by atoms with Crippen LogP contribution in [0.25, 0.3) is 22.4 Å². The molecule has 5 rings (SSSR count). The van der Waals surface area contributed by atoms with E-state index in [1.54, 1.807) is 5.56 Å². The van der Waals surface area contributed by atoms with Crippen LogP contribution in [0.4, 0.5) is 0 Å². The van der Waals surface area contributed by atoms with Crippen LogP contribution < -0.4 is 4.57 Å². The van der Waals surface area contributed by atoms with Gasteiger partial charge in [0.05, 0.1) is 11.0 Å². The zero-order chi connectivity index (χ0) is 21.5. The highest BCUT2D eigenvalue weighted by Crippen LogP contribution is 2.60. The van der Waals surface area contributed by atoms with E-state index in [9.17, 15) is 0 Å². The maximum atomic E-state index is 2.65. The molecule has 0 saturated heterocycles. The third kappa shape index (κ3) is 2.06. The number of hydrogen-bond acceptors (Lipinski definition) is 0. The molecular weight excluding hydrogens is 362 g/mol. The van der Waals surface area contributed by atoms with Gasteiger partial charge in [-0.2, -0.15) is 4.57 Å². The SMILES string of the molecule is CCC1(C)c2ccc(-c3ccccc3)c3c2-c2c(c(C)cc[n+]2C1(C)CC)C3(C)C. The molecule has 0 radical (unpaired) electrons. The second-order valence-corrected chi connectivity index (χ2v) is 10.3. The number of pyridine rings is 1. The van der Waals surface area contributed by atoms with E-state index in [1.807, 2.05) is 0 Å². The highest BCUT2D eigenvalue weighted by molar-refractivity contribution is 5.89. The van der Waals surface area contributed by atoms with Crippen molar-refractivity contribution in [2.24, 2.45) is 0 Å². The first kappa shape index (κ1) is 19.5. The second-order valence-electron chi connectivity index (χ2n) is 10.3. The lowest BCUT2D eigenvalue weighted by Crippen LogP contribution is -2.67. The molecule has 2 unspecified atom stereocenters. The topological polar surface area (TPSA) is 3.88 Å². The van der Waals surface area contributed by atoms with Gasteiger partial charge in [0.2, 0.25) is 5.69 Å². The summed E-state index contributed by atoms with van der Waals surface area (Å²) in [7, 11) is 0. The predicted octanol–water partition coefficient (Wildman–Crippen LogP) is 7.06. The number of benzene rings is 2. The van der Waals surface area contributed by atoms with Gasteiger partial charge in [0.1, 0.15) is 0 Å². The van der Waals surface area contributed by atoms with Crippen LogP contribution in [0.3, 0.4) is 0 Å². The molecule has 2 atom stereocenters. The maximum Gasteiger partial charge on any atom is 0.217 e. The summed E-state index contributed by atoms with van der Waals surface area (Å²) in [5.74, 6) is 0. The van der Waals surface area contributed by atoms with Crippen molar-refractivity contribution in [3.8, 4) is 22.4 Å². The highest BCUT2D eigenvalue weighted by Gasteiger charge is 2.60. The normalized spacial score (nSPS) is 25.3. The van der Waals surface area contributed by atoms with E-state index in [0.717, 1.165) is 12.8 Å². The molecule has 1 aliphatic carbocycles. The van der Waals surface area contributed by atoms with E-state index >= 15 is 0 Å². The van der Waals surface area contributed by atoms with Crippen LogP contribution in [0, 0.1) is 6.92 Å². The van der Waals surface area contributed by atoms with Crippen molar-refractivity contribution in [1.82, 2.24) is 0 Å². The minimum Gasteiger partial charge on any atom is -0.192 e. The zero-order valence-corrected chi connectivity index (χ0v) is 19.6. The fourth-order valence-electron chi connectivity index (χ4n) is 6.73. The third-order valence-corrected chi connectivity index (χ3v) is 8.83. The summed E-state index contributed by atoms with van der Waals surface area (Å²) in [5, 5.41) is 0. The highest BCUT2D eigenvalue weighted by atomic mass is 15.1. The lowest BCUT2D eigenvalue weighted by Gasteiger charge is -2.46. The standard InChI is InChI=1S/C29H34N/c1-8-28(6)22-16-15-21(20-13-11-10-12-14-20)25-23(22)26-24(27(25,4)5)19(3)17-18-30(26)29(28,7)9-2/h10-18H,8-9H2,1-7H3/q+1. The van der Waals surface area contributed by atoms with Crippen molar-refractivity contribution in [2.45, 2.75) is 77.7 Å². The van der Waals surface area contributed by atoms with Crippen LogP contribution in [0.15, 0.2) is 54.7 Å². The summed E-state index contributed by atoms with van der Waals surface area (Å²) in [6.07, 6.45) is 4.62. The number of aromatic nitrogens is 1. The summed E-state index contributed by atoms with van der Waals surface area (Å²) in [6.45, 7) is 16.9. The summed E-state index contributed by atoms with van der Waals surface area (Å²) >= 11 is 0. The average Bonchev–Trinajstić information content (AvgIpc) is 3.01. The van der Waals surface area contributed by atoms with Crippen molar-refractivity contribution in [3.63, 3.8) is 0 Å². The Balaban J connectivity index is 2.00. The lowest BCUT2D eigenvalue weighted by molar-refractivity contribution is -0.765. The van der Waals surface area contributed by atoms with Crippen molar-refractivity contribution >= 4 is 0 Å². The quantitative estimate of drug-likeness (QED) is 0.417. The van der Waals surface area contributed by atoms with Crippen molar-refractivity contribution in [3.05, 3.63) is 77.0 Å². The van der Waals surface area contributed by atoms with Gasteiger partial charge in [-0.05, 0) is 48.1 Å². The van der Waals surface area contributed by atoms with Crippen LogP contribution in [0.5, 0.6) is 0 Å². The molecule has 154 valence electrons. The van der Waals surface area contributed by atoms with Gasteiger partial charge in [-0.25, -0.2) is 0 Å². The Morgan fingerprint density at radius 3 is 2.13 bits per heavy atom.